The van der Waals surface area contributed by atoms with Gasteiger partial charge < -0.3 is 9.64 Å². The number of para-hydroxylation sites is 1. The maximum Gasteiger partial charge on any atom is 0.308 e. The third kappa shape index (κ3) is 8.24. The molecule has 158 valence electrons. The molecule has 0 aliphatic carbocycles. The molecule has 1 aliphatic rings. The third-order valence-corrected chi connectivity index (χ3v) is 4.99. The molecule has 29 heavy (non-hydrogen) atoms. The molecule has 2 aromatic rings. The van der Waals surface area contributed by atoms with E-state index in [9.17, 15) is 9.18 Å². The van der Waals surface area contributed by atoms with Crippen LogP contribution < -0.4 is 9.64 Å². The lowest BCUT2D eigenvalue weighted by molar-refractivity contribution is -0.131. The number of esters is 1. The molecule has 1 aliphatic heterocycles. The second-order valence-electron chi connectivity index (χ2n) is 7.37. The van der Waals surface area contributed by atoms with Crippen molar-refractivity contribution in [1.29, 1.82) is 0 Å². The first-order chi connectivity index (χ1) is 14.0. The van der Waals surface area contributed by atoms with Crippen molar-refractivity contribution in [3.05, 3.63) is 59.9 Å². The Bertz CT molecular complexity index is 741. The van der Waals surface area contributed by atoms with Crippen LogP contribution in [0.5, 0.6) is 5.75 Å². The van der Waals surface area contributed by atoms with Crippen LogP contribution in [-0.2, 0) is 4.79 Å². The zero-order chi connectivity index (χ0) is 21.1. The van der Waals surface area contributed by atoms with Crippen molar-refractivity contribution in [1.82, 2.24) is 4.90 Å². The number of unbranched alkanes of at least 4 members (excludes halogenated alkanes) is 2. The number of hydrogen-bond donors (Lipinski definition) is 0. The minimum absolute atomic E-state index is 0.156. The third-order valence-electron chi connectivity index (χ3n) is 4.99. The molecule has 0 N–H and O–H groups in total. The first-order valence-corrected chi connectivity index (χ1v) is 10.5. The van der Waals surface area contributed by atoms with E-state index in [-0.39, 0.29) is 11.8 Å². The average molecular weight is 401 g/mol. The highest BCUT2D eigenvalue weighted by Gasteiger charge is 2.16. The minimum atomic E-state index is -0.278. The monoisotopic (exact) mass is 400 g/mol. The van der Waals surface area contributed by atoms with Gasteiger partial charge in [0.1, 0.15) is 11.6 Å². The van der Waals surface area contributed by atoms with E-state index in [1.165, 1.54) is 32.7 Å². The smallest absolute Gasteiger partial charge is 0.308 e. The highest BCUT2D eigenvalue weighted by Crippen LogP contribution is 2.17. The van der Waals surface area contributed by atoms with Crippen LogP contribution in [0, 0.1) is 12.7 Å². The summed E-state index contributed by atoms with van der Waals surface area (Å²) in [5, 5.41) is 0. The van der Waals surface area contributed by atoms with Gasteiger partial charge in [0.05, 0.1) is 0 Å². The minimum Gasteiger partial charge on any atom is -0.426 e. The Morgan fingerprint density at radius 2 is 1.66 bits per heavy atom. The molecule has 1 heterocycles. The number of hydrogen-bond acceptors (Lipinski definition) is 4. The van der Waals surface area contributed by atoms with Crippen LogP contribution in [0.4, 0.5) is 10.1 Å². The maximum atomic E-state index is 12.9. The average Bonchev–Trinajstić information content (AvgIpc) is 2.71. The first-order valence-electron chi connectivity index (χ1n) is 10.5. The highest BCUT2D eigenvalue weighted by molar-refractivity contribution is 5.69. The normalized spacial score (nSPS) is 14.1. The van der Waals surface area contributed by atoms with Crippen molar-refractivity contribution in [2.75, 3.05) is 37.6 Å². The molecule has 1 fully saturated rings. The number of piperazine rings is 1. The lowest BCUT2D eigenvalue weighted by Crippen LogP contribution is -2.46. The number of benzene rings is 2. The van der Waals surface area contributed by atoms with Gasteiger partial charge in [-0.3, -0.25) is 9.69 Å². The van der Waals surface area contributed by atoms with Gasteiger partial charge in [0.2, 0.25) is 0 Å². The lowest BCUT2D eigenvalue weighted by atomic mass is 10.2. The number of carbonyl (C=O) groups is 1. The SMILES string of the molecule is CC(=O)Oc1ccccc1C.CCCCCN1CCN(c2ccc(F)cc2)CC1. The van der Waals surface area contributed by atoms with Gasteiger partial charge in [0.15, 0.2) is 0 Å². The fourth-order valence-corrected chi connectivity index (χ4v) is 3.29. The summed E-state index contributed by atoms with van der Waals surface area (Å²) in [5.41, 5.74) is 2.12. The van der Waals surface area contributed by atoms with Crippen molar-refractivity contribution >= 4 is 11.7 Å². The molecule has 1 saturated heterocycles. The summed E-state index contributed by atoms with van der Waals surface area (Å²) >= 11 is 0. The predicted octanol–water partition coefficient (Wildman–Crippen LogP) is 5.06. The second kappa shape index (κ2) is 12.2. The molecule has 3 rings (SSSR count). The van der Waals surface area contributed by atoms with Crippen LogP contribution in [0.2, 0.25) is 0 Å². The first kappa shape index (κ1) is 22.9. The van der Waals surface area contributed by atoms with Crippen molar-refractivity contribution in [3.63, 3.8) is 0 Å². The molecule has 5 heteroatoms. The van der Waals surface area contributed by atoms with E-state index in [4.69, 9.17) is 4.74 Å². The van der Waals surface area contributed by atoms with Gasteiger partial charge in [-0.15, -0.1) is 0 Å². The quantitative estimate of drug-likeness (QED) is 0.386. The van der Waals surface area contributed by atoms with E-state index in [2.05, 4.69) is 16.7 Å². The molecule has 0 saturated carbocycles. The van der Waals surface area contributed by atoms with E-state index in [0.717, 1.165) is 37.4 Å². The van der Waals surface area contributed by atoms with Gasteiger partial charge in [-0.1, -0.05) is 38.0 Å². The van der Waals surface area contributed by atoms with Gasteiger partial charge in [-0.05, 0) is 55.8 Å². The number of nitrogens with zero attached hydrogens (tertiary/aromatic N) is 2. The molecule has 0 spiro atoms. The van der Waals surface area contributed by atoms with Crippen LogP contribution in [0.25, 0.3) is 0 Å². The molecule has 0 bridgehead atoms. The summed E-state index contributed by atoms with van der Waals surface area (Å²) < 4.78 is 17.8. The lowest BCUT2D eigenvalue weighted by Gasteiger charge is -2.36. The molecule has 2 aromatic carbocycles. The summed E-state index contributed by atoms with van der Waals surface area (Å²) in [5.74, 6) is 0.205. The van der Waals surface area contributed by atoms with Gasteiger partial charge >= 0.3 is 5.97 Å². The number of rotatable bonds is 6. The molecular formula is C24H33FN2O2. The zero-order valence-corrected chi connectivity index (χ0v) is 17.9. The van der Waals surface area contributed by atoms with E-state index in [0.29, 0.717) is 5.75 Å². The van der Waals surface area contributed by atoms with Crippen LogP contribution in [0.1, 0.15) is 38.7 Å². The standard InChI is InChI=1S/C15H23FN2.C9H10O2/c1-2-3-4-9-17-10-12-18(13-11-17)15-7-5-14(16)6-8-15;1-7-5-3-4-6-9(7)11-8(2)10/h5-8H,2-4,9-13H2,1H3;3-6H,1-2H3. The molecule has 4 nitrogen and oxygen atoms in total. The van der Waals surface area contributed by atoms with E-state index < -0.39 is 0 Å². The number of anilines is 1. The van der Waals surface area contributed by atoms with Crippen LogP contribution in [-0.4, -0.2) is 43.6 Å². The van der Waals surface area contributed by atoms with E-state index in [1.54, 1.807) is 18.2 Å². The van der Waals surface area contributed by atoms with E-state index >= 15 is 0 Å². The van der Waals surface area contributed by atoms with Gasteiger partial charge in [0, 0.05) is 38.8 Å². The Morgan fingerprint density at radius 3 is 2.24 bits per heavy atom. The maximum absolute atomic E-state index is 12.9. The Hall–Kier alpha value is -2.40. The molecule has 0 unspecified atom stereocenters. The highest BCUT2D eigenvalue weighted by atomic mass is 19.1. The van der Waals surface area contributed by atoms with Crippen molar-refractivity contribution < 1.29 is 13.9 Å². The molecule has 0 radical (unpaired) electrons. The van der Waals surface area contributed by atoms with Crippen LogP contribution >= 0.6 is 0 Å². The zero-order valence-electron chi connectivity index (χ0n) is 17.9. The summed E-state index contributed by atoms with van der Waals surface area (Å²) in [6.07, 6.45) is 3.93. The number of ether oxygens (including phenoxy) is 1. The summed E-state index contributed by atoms with van der Waals surface area (Å²) in [4.78, 5) is 15.4. The number of halogens is 1. The summed E-state index contributed by atoms with van der Waals surface area (Å²) in [7, 11) is 0. The van der Waals surface area contributed by atoms with Crippen LogP contribution in [0.15, 0.2) is 48.5 Å². The van der Waals surface area contributed by atoms with Crippen molar-refractivity contribution in [2.24, 2.45) is 0 Å². The van der Waals surface area contributed by atoms with Crippen LogP contribution in [0.3, 0.4) is 0 Å². The molecule has 0 atom stereocenters. The second-order valence-corrected chi connectivity index (χ2v) is 7.37. The Morgan fingerprint density at radius 1 is 1.00 bits per heavy atom. The van der Waals surface area contributed by atoms with E-state index in [1.807, 2.05) is 37.3 Å². The number of aryl methyl sites for hydroxylation is 1. The van der Waals surface area contributed by atoms with Crippen molar-refractivity contribution in [2.45, 2.75) is 40.0 Å². The number of carbonyl (C=O) groups excluding carboxylic acids is 1. The molecule has 0 aromatic heterocycles. The molecular weight excluding hydrogens is 367 g/mol. The van der Waals surface area contributed by atoms with Crippen molar-refractivity contribution in [3.8, 4) is 5.75 Å². The van der Waals surface area contributed by atoms with Gasteiger partial charge in [0.25, 0.3) is 0 Å². The predicted molar refractivity (Wildman–Crippen MR) is 117 cm³/mol. The van der Waals surface area contributed by atoms with Gasteiger partial charge in [-0.2, -0.15) is 0 Å². The fourth-order valence-electron chi connectivity index (χ4n) is 3.29. The Balaban J connectivity index is 0.000000234. The van der Waals surface area contributed by atoms with Gasteiger partial charge in [-0.25, -0.2) is 4.39 Å². The topological polar surface area (TPSA) is 32.8 Å². The fraction of sp³-hybridized carbons (Fsp3) is 0.458. The summed E-state index contributed by atoms with van der Waals surface area (Å²) in [6, 6.07) is 14.3. The summed E-state index contributed by atoms with van der Waals surface area (Å²) in [6.45, 7) is 11.1. The largest absolute Gasteiger partial charge is 0.426 e. The Kier molecular flexibility index (Phi) is 9.65. The Labute approximate surface area is 174 Å². The molecule has 0 amide bonds.